The maximum Gasteiger partial charge on any atom is 0.137 e. The summed E-state index contributed by atoms with van der Waals surface area (Å²) in [6.07, 6.45) is 3.18. The van der Waals surface area contributed by atoms with Crippen LogP contribution in [0.3, 0.4) is 0 Å². The zero-order valence-corrected chi connectivity index (χ0v) is 12.4. The quantitative estimate of drug-likeness (QED) is 0.898. The molecule has 1 aliphatic carbocycles. The molecule has 0 heterocycles. The highest BCUT2D eigenvalue weighted by Gasteiger charge is 2.22. The minimum absolute atomic E-state index is 0.0335. The van der Waals surface area contributed by atoms with E-state index >= 15 is 0 Å². The van der Waals surface area contributed by atoms with Gasteiger partial charge in [0.1, 0.15) is 23.2 Å². The molecule has 0 unspecified atom stereocenters. The Morgan fingerprint density at radius 2 is 1.77 bits per heavy atom. The number of methoxy groups -OCH3 is 1. The number of aliphatic hydroxyl groups is 1. The first-order chi connectivity index (χ1) is 10.5. The van der Waals surface area contributed by atoms with Crippen molar-refractivity contribution in [3.8, 4) is 5.75 Å². The lowest BCUT2D eigenvalue weighted by molar-refractivity contribution is 0.333. The standard InChI is InChI=1S/C17H17F3O2/c1-3-10-6-13(14(18)5-4-11(10)9-21)17-15(19)7-12(22-2)8-16(17)20/h4-5,7-8,21H,3,6,9H2,1-2H3. The van der Waals surface area contributed by atoms with Crippen LogP contribution in [0.5, 0.6) is 5.75 Å². The summed E-state index contributed by atoms with van der Waals surface area (Å²) in [5.74, 6) is -2.43. The molecule has 1 aliphatic rings. The fourth-order valence-electron chi connectivity index (χ4n) is 2.48. The summed E-state index contributed by atoms with van der Waals surface area (Å²) in [4.78, 5) is 0. The van der Waals surface area contributed by atoms with Gasteiger partial charge >= 0.3 is 0 Å². The van der Waals surface area contributed by atoms with Gasteiger partial charge in [0, 0.05) is 17.7 Å². The van der Waals surface area contributed by atoms with Crippen molar-refractivity contribution >= 4 is 5.57 Å². The molecule has 0 radical (unpaired) electrons. The van der Waals surface area contributed by atoms with E-state index in [0.29, 0.717) is 12.0 Å². The first-order valence-corrected chi connectivity index (χ1v) is 6.93. The minimum atomic E-state index is -0.877. The highest BCUT2D eigenvalue weighted by molar-refractivity contribution is 5.74. The smallest absolute Gasteiger partial charge is 0.137 e. The van der Waals surface area contributed by atoms with Crippen molar-refractivity contribution in [3.05, 3.63) is 58.5 Å². The normalized spacial score (nSPS) is 15.4. The Labute approximate surface area is 127 Å². The van der Waals surface area contributed by atoms with Gasteiger partial charge in [0.15, 0.2) is 0 Å². The Balaban J connectivity index is 2.57. The molecule has 0 saturated heterocycles. The summed E-state index contributed by atoms with van der Waals surface area (Å²) in [5, 5.41) is 9.32. The second-order valence-corrected chi connectivity index (χ2v) is 4.94. The van der Waals surface area contributed by atoms with Gasteiger partial charge in [0.2, 0.25) is 0 Å². The van der Waals surface area contributed by atoms with Gasteiger partial charge in [0.05, 0.1) is 19.3 Å². The Bertz CT molecular complexity index is 649. The molecule has 1 N–H and O–H groups in total. The van der Waals surface area contributed by atoms with Crippen LogP contribution >= 0.6 is 0 Å². The van der Waals surface area contributed by atoms with Crippen LogP contribution in [-0.2, 0) is 0 Å². The zero-order valence-electron chi connectivity index (χ0n) is 12.4. The average Bonchev–Trinajstić information content (AvgIpc) is 2.66. The Morgan fingerprint density at radius 3 is 2.27 bits per heavy atom. The molecule has 0 bridgehead atoms. The van der Waals surface area contributed by atoms with E-state index < -0.39 is 23.0 Å². The van der Waals surface area contributed by atoms with Crippen molar-refractivity contribution < 1.29 is 23.0 Å². The first-order valence-electron chi connectivity index (χ1n) is 6.93. The van der Waals surface area contributed by atoms with Crippen LogP contribution in [0.2, 0.25) is 0 Å². The molecule has 1 aromatic carbocycles. The van der Waals surface area contributed by atoms with Gasteiger partial charge in [0.25, 0.3) is 0 Å². The maximum absolute atomic E-state index is 14.3. The van der Waals surface area contributed by atoms with Crippen LogP contribution in [0.15, 0.2) is 41.3 Å². The van der Waals surface area contributed by atoms with Gasteiger partial charge in [-0.2, -0.15) is 0 Å². The number of benzene rings is 1. The predicted molar refractivity (Wildman–Crippen MR) is 79.1 cm³/mol. The Hall–Kier alpha value is -2.01. The van der Waals surface area contributed by atoms with Crippen LogP contribution in [0.1, 0.15) is 25.3 Å². The number of hydrogen-bond donors (Lipinski definition) is 1. The molecule has 1 aromatic rings. The molecule has 0 atom stereocenters. The predicted octanol–water partition coefficient (Wildman–Crippen LogP) is 4.31. The molecular formula is C17H17F3O2. The molecule has 2 nitrogen and oxygen atoms in total. The number of halogens is 3. The number of rotatable bonds is 4. The van der Waals surface area contributed by atoms with E-state index in [-0.39, 0.29) is 24.4 Å². The fraction of sp³-hybridized carbons (Fsp3) is 0.294. The summed E-state index contributed by atoms with van der Waals surface area (Å²) < 4.78 is 47.5. The van der Waals surface area contributed by atoms with E-state index in [1.54, 1.807) is 0 Å². The van der Waals surface area contributed by atoms with E-state index in [9.17, 15) is 18.3 Å². The summed E-state index contributed by atoms with van der Waals surface area (Å²) in [6, 6.07) is 2.05. The van der Waals surface area contributed by atoms with Crippen LogP contribution in [-0.4, -0.2) is 18.8 Å². The fourth-order valence-corrected chi connectivity index (χ4v) is 2.48. The highest BCUT2D eigenvalue weighted by Crippen LogP contribution is 2.36. The monoisotopic (exact) mass is 310 g/mol. The van der Waals surface area contributed by atoms with Crippen LogP contribution in [0, 0.1) is 11.6 Å². The summed E-state index contributed by atoms with van der Waals surface area (Å²) in [7, 11) is 1.30. The van der Waals surface area contributed by atoms with Crippen molar-refractivity contribution in [2.75, 3.05) is 13.7 Å². The van der Waals surface area contributed by atoms with Crippen LogP contribution in [0.4, 0.5) is 13.2 Å². The lowest BCUT2D eigenvalue weighted by Gasteiger charge is -2.14. The molecule has 118 valence electrons. The summed E-state index contributed by atoms with van der Waals surface area (Å²) in [5.41, 5.74) is 0.861. The van der Waals surface area contributed by atoms with E-state index in [1.807, 2.05) is 6.92 Å². The first kappa shape index (κ1) is 16.4. The second-order valence-electron chi connectivity index (χ2n) is 4.94. The van der Waals surface area contributed by atoms with Crippen LogP contribution < -0.4 is 4.74 Å². The average molecular weight is 310 g/mol. The minimum Gasteiger partial charge on any atom is -0.497 e. The van der Waals surface area contributed by atoms with Crippen molar-refractivity contribution in [1.29, 1.82) is 0 Å². The molecule has 0 spiro atoms. The number of ether oxygens (including phenoxy) is 1. The van der Waals surface area contributed by atoms with E-state index in [1.165, 1.54) is 13.2 Å². The molecule has 2 rings (SSSR count). The van der Waals surface area contributed by atoms with Gasteiger partial charge in [-0.15, -0.1) is 0 Å². The molecule has 5 heteroatoms. The third-order valence-electron chi connectivity index (χ3n) is 3.71. The molecular weight excluding hydrogens is 293 g/mol. The lowest BCUT2D eigenvalue weighted by atomic mass is 9.94. The number of aliphatic hydroxyl groups excluding tert-OH is 1. The SMILES string of the molecule is CCC1=C(CO)C=CC(F)=C(c2c(F)cc(OC)cc2F)C1. The van der Waals surface area contributed by atoms with Crippen molar-refractivity contribution in [2.45, 2.75) is 19.8 Å². The molecule has 0 aliphatic heterocycles. The summed E-state index contributed by atoms with van der Waals surface area (Å²) in [6.45, 7) is 1.61. The molecule has 0 amide bonds. The third-order valence-corrected chi connectivity index (χ3v) is 3.71. The van der Waals surface area contributed by atoms with Gasteiger partial charge in [-0.3, -0.25) is 0 Å². The largest absolute Gasteiger partial charge is 0.497 e. The van der Waals surface area contributed by atoms with Gasteiger partial charge in [-0.05, 0) is 24.5 Å². The van der Waals surface area contributed by atoms with Crippen LogP contribution in [0.25, 0.3) is 5.57 Å². The molecule has 0 saturated carbocycles. The Morgan fingerprint density at radius 1 is 1.14 bits per heavy atom. The highest BCUT2D eigenvalue weighted by atomic mass is 19.1. The third kappa shape index (κ3) is 3.09. The summed E-state index contributed by atoms with van der Waals surface area (Å²) >= 11 is 0. The maximum atomic E-state index is 14.3. The second kappa shape index (κ2) is 6.83. The van der Waals surface area contributed by atoms with Gasteiger partial charge in [-0.25, -0.2) is 13.2 Å². The molecule has 22 heavy (non-hydrogen) atoms. The van der Waals surface area contributed by atoms with Crippen molar-refractivity contribution in [1.82, 2.24) is 0 Å². The number of allylic oxidation sites excluding steroid dienone is 4. The van der Waals surface area contributed by atoms with Gasteiger partial charge in [-0.1, -0.05) is 18.6 Å². The van der Waals surface area contributed by atoms with E-state index in [0.717, 1.165) is 23.8 Å². The van der Waals surface area contributed by atoms with E-state index in [4.69, 9.17) is 4.74 Å². The zero-order chi connectivity index (χ0) is 16.3. The Kier molecular flexibility index (Phi) is 5.08. The van der Waals surface area contributed by atoms with Gasteiger partial charge < -0.3 is 9.84 Å². The topological polar surface area (TPSA) is 29.5 Å². The molecule has 0 aromatic heterocycles. The molecule has 0 fully saturated rings. The number of hydrogen-bond acceptors (Lipinski definition) is 2. The van der Waals surface area contributed by atoms with Crippen molar-refractivity contribution in [2.24, 2.45) is 0 Å². The lowest BCUT2D eigenvalue weighted by Crippen LogP contribution is -2.01. The van der Waals surface area contributed by atoms with Crippen molar-refractivity contribution in [3.63, 3.8) is 0 Å². The van der Waals surface area contributed by atoms with E-state index in [2.05, 4.69) is 0 Å².